The van der Waals surface area contributed by atoms with Crippen LogP contribution in [0, 0.1) is 6.92 Å². The Labute approximate surface area is 85.1 Å². The van der Waals surface area contributed by atoms with Crippen molar-refractivity contribution in [3.05, 3.63) is 29.6 Å². The highest BCUT2D eigenvalue weighted by molar-refractivity contribution is 5.14. The first-order valence-corrected chi connectivity index (χ1v) is 5.12. The molecule has 14 heavy (non-hydrogen) atoms. The molecule has 1 aliphatic heterocycles. The van der Waals surface area contributed by atoms with Crippen molar-refractivity contribution >= 4 is 0 Å². The molecule has 0 bridgehead atoms. The Kier molecular flexibility index (Phi) is 2.79. The Morgan fingerprint density at radius 1 is 1.50 bits per heavy atom. The van der Waals surface area contributed by atoms with E-state index in [1.807, 2.05) is 13.0 Å². The van der Waals surface area contributed by atoms with Crippen molar-refractivity contribution in [2.75, 3.05) is 26.7 Å². The van der Waals surface area contributed by atoms with Gasteiger partial charge in [-0.3, -0.25) is 9.88 Å². The molecule has 2 rings (SSSR count). The third-order valence-electron chi connectivity index (χ3n) is 2.76. The van der Waals surface area contributed by atoms with Crippen molar-refractivity contribution in [1.29, 1.82) is 0 Å². The zero-order valence-corrected chi connectivity index (χ0v) is 8.83. The molecule has 1 atom stereocenters. The number of aryl methyl sites for hydroxylation is 1. The lowest BCUT2D eigenvalue weighted by molar-refractivity contribution is 0.198. The maximum Gasteiger partial charge on any atom is 0.0644 e. The summed E-state index contributed by atoms with van der Waals surface area (Å²) in [5.74, 6) is 0. The summed E-state index contributed by atoms with van der Waals surface area (Å²) in [7, 11) is 2.16. The maximum absolute atomic E-state index is 4.57. The highest BCUT2D eigenvalue weighted by atomic mass is 15.2. The molecule has 1 unspecified atom stereocenters. The van der Waals surface area contributed by atoms with Gasteiger partial charge in [0, 0.05) is 25.3 Å². The molecule has 76 valence electrons. The van der Waals surface area contributed by atoms with Crippen molar-refractivity contribution in [3.8, 4) is 0 Å². The van der Waals surface area contributed by atoms with E-state index in [-0.39, 0.29) is 0 Å². The smallest absolute Gasteiger partial charge is 0.0644 e. The average Bonchev–Trinajstić information content (AvgIpc) is 2.18. The summed E-state index contributed by atoms with van der Waals surface area (Å²) in [5, 5.41) is 3.40. The van der Waals surface area contributed by atoms with E-state index >= 15 is 0 Å². The van der Waals surface area contributed by atoms with Crippen molar-refractivity contribution in [1.82, 2.24) is 15.2 Å². The molecule has 1 aliphatic rings. The average molecular weight is 191 g/mol. The van der Waals surface area contributed by atoms with Gasteiger partial charge >= 0.3 is 0 Å². The summed E-state index contributed by atoms with van der Waals surface area (Å²) in [4.78, 5) is 6.93. The Morgan fingerprint density at radius 3 is 3.07 bits per heavy atom. The minimum Gasteiger partial charge on any atom is -0.313 e. The predicted octanol–water partition coefficient (Wildman–Crippen LogP) is 0.966. The third-order valence-corrected chi connectivity index (χ3v) is 2.76. The second-order valence-corrected chi connectivity index (χ2v) is 3.90. The van der Waals surface area contributed by atoms with Gasteiger partial charge in [0.05, 0.1) is 11.7 Å². The summed E-state index contributed by atoms with van der Waals surface area (Å²) in [6.45, 7) is 5.23. The van der Waals surface area contributed by atoms with Crippen LogP contribution in [-0.2, 0) is 0 Å². The molecule has 1 saturated heterocycles. The minimum absolute atomic E-state index is 0.434. The van der Waals surface area contributed by atoms with Gasteiger partial charge in [0.25, 0.3) is 0 Å². The number of nitrogens with one attached hydrogen (secondary N) is 1. The Balaban J connectivity index is 2.20. The molecule has 0 amide bonds. The normalized spacial score (nSPS) is 23.7. The lowest BCUT2D eigenvalue weighted by Gasteiger charge is -2.32. The van der Waals surface area contributed by atoms with Gasteiger partial charge in [-0.25, -0.2) is 0 Å². The van der Waals surface area contributed by atoms with E-state index in [2.05, 4.69) is 34.4 Å². The van der Waals surface area contributed by atoms with Crippen LogP contribution >= 0.6 is 0 Å². The van der Waals surface area contributed by atoms with E-state index in [0.29, 0.717) is 6.04 Å². The van der Waals surface area contributed by atoms with Gasteiger partial charge in [-0.05, 0) is 26.1 Å². The largest absolute Gasteiger partial charge is 0.313 e. The number of pyridine rings is 1. The molecule has 2 heterocycles. The molecule has 0 saturated carbocycles. The van der Waals surface area contributed by atoms with E-state index in [9.17, 15) is 0 Å². The topological polar surface area (TPSA) is 28.2 Å². The number of piperazine rings is 1. The first-order valence-electron chi connectivity index (χ1n) is 5.12. The zero-order valence-electron chi connectivity index (χ0n) is 8.83. The van der Waals surface area contributed by atoms with E-state index in [1.54, 1.807) is 0 Å². The number of hydrogen-bond donors (Lipinski definition) is 1. The highest BCUT2D eigenvalue weighted by Gasteiger charge is 2.20. The van der Waals surface area contributed by atoms with Crippen LogP contribution < -0.4 is 5.32 Å². The van der Waals surface area contributed by atoms with Crippen LogP contribution in [0.25, 0.3) is 0 Å². The van der Waals surface area contributed by atoms with Gasteiger partial charge in [-0.15, -0.1) is 0 Å². The number of likely N-dealkylation sites (N-methyl/N-ethyl adjacent to an activating group) is 1. The Bertz CT molecular complexity index is 311. The SMILES string of the molecule is Cc1cccc(C2CNCCN2C)n1. The van der Waals surface area contributed by atoms with Crippen LogP contribution in [0.1, 0.15) is 17.4 Å². The number of rotatable bonds is 1. The Hall–Kier alpha value is -0.930. The third kappa shape index (κ3) is 1.94. The molecule has 1 aromatic rings. The van der Waals surface area contributed by atoms with Crippen LogP contribution in [0.3, 0.4) is 0 Å². The number of aromatic nitrogens is 1. The molecule has 1 aromatic heterocycles. The maximum atomic E-state index is 4.57. The molecule has 0 aliphatic carbocycles. The van der Waals surface area contributed by atoms with Crippen molar-refractivity contribution in [2.24, 2.45) is 0 Å². The summed E-state index contributed by atoms with van der Waals surface area (Å²) >= 11 is 0. The van der Waals surface area contributed by atoms with E-state index in [1.165, 1.54) is 5.69 Å². The quantitative estimate of drug-likeness (QED) is 0.717. The van der Waals surface area contributed by atoms with Gasteiger partial charge in [0.15, 0.2) is 0 Å². The fourth-order valence-electron chi connectivity index (χ4n) is 1.89. The van der Waals surface area contributed by atoms with Gasteiger partial charge in [0.2, 0.25) is 0 Å². The van der Waals surface area contributed by atoms with Crippen LogP contribution in [0.2, 0.25) is 0 Å². The van der Waals surface area contributed by atoms with Crippen LogP contribution in [0.5, 0.6) is 0 Å². The highest BCUT2D eigenvalue weighted by Crippen LogP contribution is 2.18. The second-order valence-electron chi connectivity index (χ2n) is 3.90. The van der Waals surface area contributed by atoms with Crippen LogP contribution in [-0.4, -0.2) is 36.6 Å². The molecular weight excluding hydrogens is 174 g/mol. The van der Waals surface area contributed by atoms with Gasteiger partial charge in [-0.2, -0.15) is 0 Å². The summed E-state index contributed by atoms with van der Waals surface area (Å²) < 4.78 is 0. The first-order chi connectivity index (χ1) is 6.77. The predicted molar refractivity (Wildman–Crippen MR) is 57.2 cm³/mol. The molecule has 0 aromatic carbocycles. The number of hydrogen-bond acceptors (Lipinski definition) is 3. The lowest BCUT2D eigenvalue weighted by Crippen LogP contribution is -2.44. The monoisotopic (exact) mass is 191 g/mol. The lowest BCUT2D eigenvalue weighted by atomic mass is 10.1. The first kappa shape index (κ1) is 9.62. The summed E-state index contributed by atoms with van der Waals surface area (Å²) in [6, 6.07) is 6.67. The standard InChI is InChI=1S/C11H17N3/c1-9-4-3-5-10(13-9)11-8-12-6-7-14(11)2/h3-5,11-12H,6-8H2,1-2H3. The second kappa shape index (κ2) is 4.07. The van der Waals surface area contributed by atoms with E-state index in [4.69, 9.17) is 0 Å². The fourth-order valence-corrected chi connectivity index (χ4v) is 1.89. The summed E-state index contributed by atoms with van der Waals surface area (Å²) in [5.41, 5.74) is 2.28. The van der Waals surface area contributed by atoms with Gasteiger partial charge < -0.3 is 5.32 Å². The molecule has 3 nitrogen and oxygen atoms in total. The molecule has 3 heteroatoms. The van der Waals surface area contributed by atoms with Gasteiger partial charge in [0.1, 0.15) is 0 Å². The molecule has 0 radical (unpaired) electrons. The molecule has 1 fully saturated rings. The van der Waals surface area contributed by atoms with Gasteiger partial charge in [-0.1, -0.05) is 6.07 Å². The zero-order chi connectivity index (χ0) is 9.97. The molecule has 1 N–H and O–H groups in total. The summed E-state index contributed by atoms with van der Waals surface area (Å²) in [6.07, 6.45) is 0. The van der Waals surface area contributed by atoms with Crippen molar-refractivity contribution in [3.63, 3.8) is 0 Å². The van der Waals surface area contributed by atoms with E-state index < -0.39 is 0 Å². The van der Waals surface area contributed by atoms with Crippen molar-refractivity contribution in [2.45, 2.75) is 13.0 Å². The Morgan fingerprint density at radius 2 is 2.36 bits per heavy atom. The van der Waals surface area contributed by atoms with Crippen molar-refractivity contribution < 1.29 is 0 Å². The fraction of sp³-hybridized carbons (Fsp3) is 0.545. The van der Waals surface area contributed by atoms with Crippen LogP contribution in [0.4, 0.5) is 0 Å². The van der Waals surface area contributed by atoms with E-state index in [0.717, 1.165) is 25.3 Å². The molecule has 0 spiro atoms. The minimum atomic E-state index is 0.434. The number of nitrogens with zero attached hydrogens (tertiary/aromatic N) is 2. The molecular formula is C11H17N3. The van der Waals surface area contributed by atoms with Crippen LogP contribution in [0.15, 0.2) is 18.2 Å².